The van der Waals surface area contributed by atoms with E-state index in [2.05, 4.69) is 10.3 Å². The molecule has 198 valence electrons. The summed E-state index contributed by atoms with van der Waals surface area (Å²) in [5.74, 6) is 0.204. The van der Waals surface area contributed by atoms with Crippen LogP contribution in [0.5, 0.6) is 5.75 Å². The lowest BCUT2D eigenvalue weighted by molar-refractivity contribution is -0.124. The number of rotatable bonds is 9. The number of fused-ring (bicyclic) bond motifs is 1. The summed E-state index contributed by atoms with van der Waals surface area (Å²) >= 11 is 13.1. The van der Waals surface area contributed by atoms with Crippen molar-refractivity contribution in [2.24, 2.45) is 5.73 Å². The van der Waals surface area contributed by atoms with Crippen molar-refractivity contribution in [1.29, 1.82) is 0 Å². The van der Waals surface area contributed by atoms with Gasteiger partial charge in [0.25, 0.3) is 0 Å². The van der Waals surface area contributed by atoms with Crippen LogP contribution in [-0.2, 0) is 21.4 Å². The Bertz CT molecular complexity index is 1430. The minimum absolute atomic E-state index is 0.0257. The van der Waals surface area contributed by atoms with Crippen molar-refractivity contribution in [3.05, 3.63) is 63.3 Å². The highest BCUT2D eigenvalue weighted by molar-refractivity contribution is 7.89. The van der Waals surface area contributed by atoms with Gasteiger partial charge in [0.15, 0.2) is 0 Å². The first-order valence-electron chi connectivity index (χ1n) is 12.1. The van der Waals surface area contributed by atoms with Gasteiger partial charge in [-0.25, -0.2) is 13.4 Å². The molecule has 11 heteroatoms. The second-order valence-corrected chi connectivity index (χ2v) is 11.7. The first-order valence-corrected chi connectivity index (χ1v) is 14.3. The fourth-order valence-electron chi connectivity index (χ4n) is 4.58. The van der Waals surface area contributed by atoms with Gasteiger partial charge >= 0.3 is 0 Å². The predicted octanol–water partition coefficient (Wildman–Crippen LogP) is 4.36. The fourth-order valence-corrected chi connectivity index (χ4v) is 7.10. The van der Waals surface area contributed by atoms with Crippen LogP contribution in [0.2, 0.25) is 10.0 Å². The van der Waals surface area contributed by atoms with Gasteiger partial charge in [-0.3, -0.25) is 4.79 Å². The quantitative estimate of drug-likeness (QED) is 0.373. The molecule has 3 aromatic rings. The number of halogens is 2. The number of nitrogens with one attached hydrogen (secondary N) is 1. The summed E-state index contributed by atoms with van der Waals surface area (Å²) in [5, 5.41) is 3.98. The van der Waals surface area contributed by atoms with Crippen LogP contribution < -0.4 is 15.8 Å². The molecular weight excluding hydrogens is 535 g/mol. The van der Waals surface area contributed by atoms with Gasteiger partial charge in [0.2, 0.25) is 15.9 Å². The summed E-state index contributed by atoms with van der Waals surface area (Å²) in [5.41, 5.74) is 8.47. The molecule has 0 saturated carbocycles. The number of sulfonamides is 1. The molecule has 0 spiro atoms. The number of aryl methyl sites for hydroxylation is 2. The Morgan fingerprint density at radius 2 is 2.03 bits per heavy atom. The second kappa shape index (κ2) is 11.5. The molecule has 1 fully saturated rings. The Morgan fingerprint density at radius 3 is 2.78 bits per heavy atom. The first kappa shape index (κ1) is 27.6. The summed E-state index contributed by atoms with van der Waals surface area (Å²) in [6, 6.07) is 9.70. The average Bonchev–Trinajstić information content (AvgIpc) is 3.35. The average molecular weight is 566 g/mol. The number of aromatic nitrogens is 1. The molecule has 1 atom stereocenters. The lowest BCUT2D eigenvalue weighted by Gasteiger charge is -2.24. The maximum Gasteiger partial charge on any atom is 0.245 e. The fraction of sp³-hybridized carbons (Fsp3) is 0.385. The number of hydrogen-bond donors (Lipinski definition) is 2. The number of hydrogen-bond acceptors (Lipinski definition) is 6. The smallest absolute Gasteiger partial charge is 0.245 e. The summed E-state index contributed by atoms with van der Waals surface area (Å²) in [6.45, 7) is 4.92. The second-order valence-electron chi connectivity index (χ2n) is 9.07. The zero-order valence-electron chi connectivity index (χ0n) is 20.8. The van der Waals surface area contributed by atoms with Crippen molar-refractivity contribution in [1.82, 2.24) is 14.6 Å². The topological polar surface area (TPSA) is 115 Å². The van der Waals surface area contributed by atoms with E-state index in [0.29, 0.717) is 49.2 Å². The van der Waals surface area contributed by atoms with Gasteiger partial charge < -0.3 is 15.8 Å². The Hall–Kier alpha value is -2.43. The third-order valence-electron chi connectivity index (χ3n) is 6.43. The number of pyridine rings is 1. The van der Waals surface area contributed by atoms with Gasteiger partial charge in [-0.1, -0.05) is 35.3 Å². The highest BCUT2D eigenvalue weighted by Crippen LogP contribution is 2.36. The molecule has 1 aliphatic rings. The lowest BCUT2D eigenvalue weighted by atomic mass is 10.1. The molecule has 0 radical (unpaired) electrons. The SMILES string of the molecule is Cc1cc(C)c2cccc(OCc3c(Cl)ccc(S(=O)(=O)N4CCC[C@H]4C(=O)NCCCN)c3Cl)c2n1. The van der Waals surface area contributed by atoms with E-state index in [9.17, 15) is 13.2 Å². The molecule has 8 nitrogen and oxygen atoms in total. The molecule has 1 aromatic heterocycles. The number of carbonyl (C=O) groups excluding carboxylic acids is 1. The molecule has 0 aliphatic carbocycles. The number of nitrogens with zero attached hydrogens (tertiary/aromatic N) is 2. The molecular formula is C26H30Cl2N4O4S. The molecule has 1 aliphatic heterocycles. The minimum atomic E-state index is -4.07. The first-order chi connectivity index (χ1) is 17.6. The monoisotopic (exact) mass is 564 g/mol. The van der Waals surface area contributed by atoms with Gasteiger partial charge in [-0.2, -0.15) is 4.31 Å². The van der Waals surface area contributed by atoms with Gasteiger partial charge in [0, 0.05) is 34.8 Å². The third-order valence-corrected chi connectivity index (χ3v) is 9.28. The van der Waals surface area contributed by atoms with Gasteiger partial charge in [-0.15, -0.1) is 0 Å². The number of amides is 1. The Balaban J connectivity index is 1.62. The van der Waals surface area contributed by atoms with Gasteiger partial charge in [0.1, 0.15) is 28.8 Å². The standard InChI is InChI=1S/C26H30Cl2N4O4S/c1-16-14-17(2)31-25-18(16)6-3-8-22(25)36-15-19-20(27)9-10-23(24(19)28)37(34,35)32-13-4-7-21(32)26(33)30-12-5-11-29/h3,6,8-10,14,21H,4-5,7,11-13,15,29H2,1-2H3,(H,30,33)/t21-/m0/s1. The van der Waals surface area contributed by atoms with E-state index in [0.717, 1.165) is 16.6 Å². The maximum absolute atomic E-state index is 13.6. The van der Waals surface area contributed by atoms with E-state index < -0.39 is 16.1 Å². The van der Waals surface area contributed by atoms with Crippen LogP contribution in [0.4, 0.5) is 0 Å². The van der Waals surface area contributed by atoms with E-state index >= 15 is 0 Å². The third kappa shape index (κ3) is 5.71. The molecule has 1 saturated heterocycles. The minimum Gasteiger partial charge on any atom is -0.487 e. The van der Waals surface area contributed by atoms with Gasteiger partial charge in [-0.05, 0) is 69.5 Å². The largest absolute Gasteiger partial charge is 0.487 e. The Morgan fingerprint density at radius 1 is 1.24 bits per heavy atom. The van der Waals surface area contributed by atoms with E-state index in [1.54, 1.807) is 6.07 Å². The van der Waals surface area contributed by atoms with Crippen LogP contribution in [0.25, 0.3) is 10.9 Å². The van der Waals surface area contributed by atoms with Crippen LogP contribution in [0.3, 0.4) is 0 Å². The lowest BCUT2D eigenvalue weighted by Crippen LogP contribution is -2.46. The predicted molar refractivity (Wildman–Crippen MR) is 146 cm³/mol. The van der Waals surface area contributed by atoms with Crippen LogP contribution in [0, 0.1) is 13.8 Å². The molecule has 2 aromatic carbocycles. The number of para-hydroxylation sites is 1. The highest BCUT2D eigenvalue weighted by atomic mass is 35.5. The molecule has 0 bridgehead atoms. The molecule has 1 amide bonds. The Kier molecular flexibility index (Phi) is 8.60. The summed E-state index contributed by atoms with van der Waals surface area (Å²) in [6.07, 6.45) is 1.62. The Labute approximate surface area is 227 Å². The van der Waals surface area contributed by atoms with Crippen LogP contribution in [-0.4, -0.2) is 49.3 Å². The van der Waals surface area contributed by atoms with E-state index in [-0.39, 0.29) is 34.0 Å². The maximum atomic E-state index is 13.6. The summed E-state index contributed by atoms with van der Waals surface area (Å²) in [7, 11) is -4.07. The van der Waals surface area contributed by atoms with Crippen molar-refractivity contribution < 1.29 is 17.9 Å². The molecule has 0 unspecified atom stereocenters. The number of ether oxygens (including phenoxy) is 1. The zero-order valence-corrected chi connectivity index (χ0v) is 23.1. The number of carbonyl (C=O) groups is 1. The number of benzene rings is 2. The molecule has 37 heavy (non-hydrogen) atoms. The van der Waals surface area contributed by atoms with E-state index in [4.69, 9.17) is 33.7 Å². The van der Waals surface area contributed by atoms with Crippen molar-refractivity contribution in [2.75, 3.05) is 19.6 Å². The van der Waals surface area contributed by atoms with Crippen molar-refractivity contribution in [3.8, 4) is 5.75 Å². The van der Waals surface area contributed by atoms with Crippen molar-refractivity contribution in [3.63, 3.8) is 0 Å². The zero-order chi connectivity index (χ0) is 26.7. The summed E-state index contributed by atoms with van der Waals surface area (Å²) < 4.78 is 34.6. The summed E-state index contributed by atoms with van der Waals surface area (Å²) in [4.78, 5) is 17.2. The molecule has 4 rings (SSSR count). The highest BCUT2D eigenvalue weighted by Gasteiger charge is 2.40. The van der Waals surface area contributed by atoms with E-state index in [1.165, 1.54) is 16.4 Å². The van der Waals surface area contributed by atoms with Crippen LogP contribution in [0.15, 0.2) is 41.3 Å². The number of nitrogens with two attached hydrogens (primary N) is 1. The normalized spacial score (nSPS) is 16.3. The van der Waals surface area contributed by atoms with Crippen LogP contribution in [0.1, 0.15) is 36.1 Å². The van der Waals surface area contributed by atoms with E-state index in [1.807, 2.05) is 32.0 Å². The van der Waals surface area contributed by atoms with Crippen molar-refractivity contribution >= 4 is 50.0 Å². The van der Waals surface area contributed by atoms with Gasteiger partial charge in [0.05, 0.1) is 5.02 Å². The molecule has 3 N–H and O–H groups in total. The molecule has 2 heterocycles. The van der Waals surface area contributed by atoms with Crippen LogP contribution >= 0.6 is 23.2 Å². The van der Waals surface area contributed by atoms with Crippen molar-refractivity contribution in [2.45, 2.75) is 50.7 Å².